The summed E-state index contributed by atoms with van der Waals surface area (Å²) in [4.78, 5) is 8.93. The quantitative estimate of drug-likeness (QED) is 0.795. The fourth-order valence-electron chi connectivity index (χ4n) is 2.52. The summed E-state index contributed by atoms with van der Waals surface area (Å²) in [6.07, 6.45) is 3.73. The molecule has 0 unspecified atom stereocenters. The summed E-state index contributed by atoms with van der Waals surface area (Å²) in [5.41, 5.74) is 5.97. The Labute approximate surface area is 124 Å². The van der Waals surface area contributed by atoms with E-state index in [0.29, 0.717) is 0 Å². The lowest BCUT2D eigenvalue weighted by Crippen LogP contribution is -2.06. The molecule has 3 rings (SSSR count). The highest BCUT2D eigenvalue weighted by molar-refractivity contribution is 5.77. The molecule has 3 aromatic rings. The number of aryl methyl sites for hydroxylation is 2. The van der Waals surface area contributed by atoms with Crippen LogP contribution in [0.3, 0.4) is 0 Å². The maximum absolute atomic E-state index is 4.51. The van der Waals surface area contributed by atoms with Gasteiger partial charge in [0.05, 0.1) is 23.9 Å². The van der Waals surface area contributed by atoms with Crippen molar-refractivity contribution in [3.63, 3.8) is 0 Å². The van der Waals surface area contributed by atoms with Crippen LogP contribution in [0.15, 0.2) is 36.8 Å². The summed E-state index contributed by atoms with van der Waals surface area (Å²) < 4.78 is 2.18. The molecular weight excluding hydrogens is 260 g/mol. The molecule has 0 saturated heterocycles. The fourth-order valence-corrected chi connectivity index (χ4v) is 2.52. The number of benzene rings is 1. The minimum absolute atomic E-state index is 0.773. The van der Waals surface area contributed by atoms with Gasteiger partial charge in [-0.2, -0.15) is 0 Å². The molecule has 21 heavy (non-hydrogen) atoms. The number of aromatic nitrogens is 3. The largest absolute Gasteiger partial charge is 0.370 e. The summed E-state index contributed by atoms with van der Waals surface area (Å²) >= 11 is 0. The van der Waals surface area contributed by atoms with Crippen LogP contribution in [0.1, 0.15) is 23.6 Å². The molecule has 2 heterocycles. The molecule has 4 nitrogen and oxygen atoms in total. The lowest BCUT2D eigenvalue weighted by molar-refractivity contribution is 0.820. The molecule has 0 atom stereocenters. The second kappa shape index (κ2) is 5.56. The van der Waals surface area contributed by atoms with E-state index in [4.69, 9.17) is 0 Å². The van der Waals surface area contributed by atoms with Crippen LogP contribution in [0.2, 0.25) is 0 Å². The van der Waals surface area contributed by atoms with Crippen LogP contribution in [0.4, 0.5) is 5.82 Å². The molecule has 0 bridgehead atoms. The van der Waals surface area contributed by atoms with Gasteiger partial charge >= 0.3 is 0 Å². The standard InChI is InChI=1S/C17H20N4/c1-4-18-17-14(6-5-7-19-17)10-21-11-20-15-8-12(2)13(3)9-16(15)21/h5-9,11H,4,10H2,1-3H3,(H,18,19). The number of pyridine rings is 1. The number of rotatable bonds is 4. The first-order chi connectivity index (χ1) is 10.2. The van der Waals surface area contributed by atoms with Crippen LogP contribution in [-0.2, 0) is 6.54 Å². The summed E-state index contributed by atoms with van der Waals surface area (Å²) in [6.45, 7) is 7.98. The average Bonchev–Trinajstić information content (AvgIpc) is 2.84. The van der Waals surface area contributed by atoms with Crippen LogP contribution >= 0.6 is 0 Å². The van der Waals surface area contributed by atoms with E-state index in [1.54, 1.807) is 0 Å². The van der Waals surface area contributed by atoms with E-state index < -0.39 is 0 Å². The summed E-state index contributed by atoms with van der Waals surface area (Å²) in [5, 5.41) is 3.31. The van der Waals surface area contributed by atoms with E-state index in [-0.39, 0.29) is 0 Å². The van der Waals surface area contributed by atoms with Crippen LogP contribution in [0.5, 0.6) is 0 Å². The average molecular weight is 280 g/mol. The molecule has 0 fully saturated rings. The zero-order chi connectivity index (χ0) is 14.8. The van der Waals surface area contributed by atoms with E-state index in [0.717, 1.165) is 24.4 Å². The van der Waals surface area contributed by atoms with Gasteiger partial charge in [-0.1, -0.05) is 6.07 Å². The van der Waals surface area contributed by atoms with Gasteiger partial charge in [-0.25, -0.2) is 9.97 Å². The number of imidazole rings is 1. The highest BCUT2D eigenvalue weighted by atomic mass is 15.1. The molecule has 1 aromatic carbocycles. The molecule has 0 aliphatic carbocycles. The van der Waals surface area contributed by atoms with Gasteiger partial charge in [0.25, 0.3) is 0 Å². The van der Waals surface area contributed by atoms with Gasteiger partial charge < -0.3 is 9.88 Å². The predicted molar refractivity (Wildman–Crippen MR) is 86.7 cm³/mol. The zero-order valence-electron chi connectivity index (χ0n) is 12.7. The number of anilines is 1. The van der Waals surface area contributed by atoms with Crippen molar-refractivity contribution in [3.05, 3.63) is 53.5 Å². The van der Waals surface area contributed by atoms with Gasteiger partial charge in [-0.05, 0) is 50.1 Å². The second-order valence-electron chi connectivity index (χ2n) is 5.34. The van der Waals surface area contributed by atoms with Crippen LogP contribution in [0, 0.1) is 13.8 Å². The van der Waals surface area contributed by atoms with E-state index in [2.05, 4.69) is 58.8 Å². The normalized spacial score (nSPS) is 11.0. The van der Waals surface area contributed by atoms with Crippen molar-refractivity contribution in [1.82, 2.24) is 14.5 Å². The Kier molecular flexibility index (Phi) is 3.60. The Balaban J connectivity index is 2.01. The molecule has 1 N–H and O–H groups in total. The maximum atomic E-state index is 4.51. The minimum Gasteiger partial charge on any atom is -0.370 e. The molecule has 108 valence electrons. The fraction of sp³-hybridized carbons (Fsp3) is 0.294. The predicted octanol–water partition coefficient (Wildman–Crippen LogP) is 3.53. The Hall–Kier alpha value is -2.36. The van der Waals surface area contributed by atoms with E-state index in [1.165, 1.54) is 22.2 Å². The lowest BCUT2D eigenvalue weighted by Gasteiger charge is -2.11. The van der Waals surface area contributed by atoms with Gasteiger partial charge in [0.15, 0.2) is 0 Å². The highest BCUT2D eigenvalue weighted by Gasteiger charge is 2.08. The van der Waals surface area contributed by atoms with Gasteiger partial charge in [0, 0.05) is 18.3 Å². The smallest absolute Gasteiger partial charge is 0.130 e. The van der Waals surface area contributed by atoms with Crippen LogP contribution in [0.25, 0.3) is 11.0 Å². The van der Waals surface area contributed by atoms with E-state index in [1.807, 2.05) is 18.6 Å². The highest BCUT2D eigenvalue weighted by Crippen LogP contribution is 2.21. The summed E-state index contributed by atoms with van der Waals surface area (Å²) in [5.74, 6) is 0.950. The lowest BCUT2D eigenvalue weighted by atomic mass is 10.1. The summed E-state index contributed by atoms with van der Waals surface area (Å²) in [7, 11) is 0. The monoisotopic (exact) mass is 280 g/mol. The van der Waals surface area contributed by atoms with E-state index in [9.17, 15) is 0 Å². The summed E-state index contributed by atoms with van der Waals surface area (Å²) in [6, 6.07) is 8.44. The third-order valence-corrected chi connectivity index (χ3v) is 3.81. The van der Waals surface area contributed by atoms with Crippen molar-refractivity contribution >= 4 is 16.9 Å². The molecular formula is C17H20N4. The van der Waals surface area contributed by atoms with Crippen molar-refractivity contribution in [2.75, 3.05) is 11.9 Å². The van der Waals surface area contributed by atoms with Crippen molar-refractivity contribution in [1.29, 1.82) is 0 Å². The van der Waals surface area contributed by atoms with Crippen molar-refractivity contribution < 1.29 is 0 Å². The van der Waals surface area contributed by atoms with Gasteiger partial charge in [-0.15, -0.1) is 0 Å². The molecule has 2 aromatic heterocycles. The van der Waals surface area contributed by atoms with Crippen molar-refractivity contribution in [2.24, 2.45) is 0 Å². The Morgan fingerprint density at radius 3 is 2.76 bits per heavy atom. The number of nitrogens with zero attached hydrogens (tertiary/aromatic N) is 3. The number of hydrogen-bond donors (Lipinski definition) is 1. The Morgan fingerprint density at radius 2 is 1.95 bits per heavy atom. The molecule has 0 radical (unpaired) electrons. The van der Waals surface area contributed by atoms with Gasteiger partial charge in [-0.3, -0.25) is 0 Å². The first-order valence-corrected chi connectivity index (χ1v) is 7.29. The van der Waals surface area contributed by atoms with Gasteiger partial charge in [0.1, 0.15) is 5.82 Å². The minimum atomic E-state index is 0.773. The SMILES string of the molecule is CCNc1ncccc1Cn1cnc2cc(C)c(C)cc21. The zero-order valence-corrected chi connectivity index (χ0v) is 12.7. The Morgan fingerprint density at radius 1 is 1.14 bits per heavy atom. The molecule has 4 heteroatoms. The first-order valence-electron chi connectivity index (χ1n) is 7.29. The molecule has 0 aliphatic heterocycles. The molecule has 0 aliphatic rings. The first kappa shape index (κ1) is 13.6. The van der Waals surface area contributed by atoms with Crippen LogP contribution in [-0.4, -0.2) is 21.1 Å². The molecule has 0 saturated carbocycles. The van der Waals surface area contributed by atoms with Crippen LogP contribution < -0.4 is 5.32 Å². The van der Waals surface area contributed by atoms with Crippen molar-refractivity contribution in [2.45, 2.75) is 27.3 Å². The third kappa shape index (κ3) is 2.61. The Bertz CT molecular complexity index is 774. The number of hydrogen-bond acceptors (Lipinski definition) is 3. The third-order valence-electron chi connectivity index (χ3n) is 3.81. The topological polar surface area (TPSA) is 42.7 Å². The maximum Gasteiger partial charge on any atom is 0.130 e. The second-order valence-corrected chi connectivity index (χ2v) is 5.34. The number of nitrogens with one attached hydrogen (secondary N) is 1. The molecule has 0 amide bonds. The van der Waals surface area contributed by atoms with Gasteiger partial charge in [0.2, 0.25) is 0 Å². The van der Waals surface area contributed by atoms with E-state index >= 15 is 0 Å². The molecule has 0 spiro atoms. The van der Waals surface area contributed by atoms with Crippen molar-refractivity contribution in [3.8, 4) is 0 Å². The number of fused-ring (bicyclic) bond motifs is 1.